The van der Waals surface area contributed by atoms with E-state index < -0.39 is 29.9 Å². The number of unbranched alkanes of at least 4 members (excludes halogenated alkanes) is 3. The third kappa shape index (κ3) is 14.7. The Balaban J connectivity index is 0.969. The topological polar surface area (TPSA) is 356 Å². The van der Waals surface area contributed by atoms with Gasteiger partial charge < -0.3 is 49.0 Å². The highest BCUT2D eigenvalue weighted by atomic mass is 32.2. The third-order valence-corrected chi connectivity index (χ3v) is 17.7. The summed E-state index contributed by atoms with van der Waals surface area (Å²) in [5.74, 6) is 16.5. The summed E-state index contributed by atoms with van der Waals surface area (Å²) >= 11 is 0. The van der Waals surface area contributed by atoms with Crippen molar-refractivity contribution in [1.82, 2.24) is 47.6 Å². The van der Waals surface area contributed by atoms with Crippen LogP contribution in [0.2, 0.25) is 0 Å². The molecule has 0 aliphatic heterocycles. The fourth-order valence-electron chi connectivity index (χ4n) is 9.62. The van der Waals surface area contributed by atoms with Crippen LogP contribution in [0.3, 0.4) is 0 Å². The molecule has 0 bridgehead atoms. The fraction of sp³-hybridized carbons (Fsp3) is 0.345. The van der Waals surface area contributed by atoms with Gasteiger partial charge in [-0.05, 0) is 85.3 Å². The number of non-ortho nitro benzene ring substituents is 2. The Morgan fingerprint density at radius 2 is 0.864 bits per heavy atom. The van der Waals surface area contributed by atoms with E-state index in [9.17, 15) is 37.1 Å². The number of aromatic nitrogens is 8. The normalized spacial score (nSPS) is 11.5. The molecule has 0 radical (unpaired) electrons. The standard InChI is InChI=1S/C58H64N14O14S2/c1-81-45-31-39(32-46(82-2)53(45)85-5)35-49-65-51-55(59)61-37-63-57(51)69(49)29-13-9-7-11-25-67(87(77,78)43-21-17-41(18-22-43)71(73)74)27-15-16-28-68(88(79,80)44-23-19-42(20-24-44)72(75)76)26-12-8-10-14-30-70-50(66-52-56(60)62-38-64-58(52)70)36-40-33-47(83-3)54(86-6)48(34-40)84-4/h17-24,31-34,37-38H,9-10,13-16,25-30,35-36H2,1-6H3,(H2,59,61,63)(H2,60,62,64). The first-order chi connectivity index (χ1) is 42.4. The summed E-state index contributed by atoms with van der Waals surface area (Å²) in [4.78, 5) is 48.0. The zero-order chi connectivity index (χ0) is 63.1. The van der Waals surface area contributed by atoms with Gasteiger partial charge in [0.25, 0.3) is 11.4 Å². The lowest BCUT2D eigenvalue weighted by atomic mass is 10.1. The first kappa shape index (κ1) is 64.1. The molecule has 0 atom stereocenters. The lowest BCUT2D eigenvalue weighted by molar-refractivity contribution is -0.385. The van der Waals surface area contributed by atoms with Crippen LogP contribution < -0.4 is 39.9 Å². The van der Waals surface area contributed by atoms with Gasteiger partial charge in [-0.1, -0.05) is 11.8 Å². The van der Waals surface area contributed by atoms with Crippen LogP contribution in [-0.2, 0) is 46.0 Å². The molecule has 0 spiro atoms. The molecule has 4 heterocycles. The van der Waals surface area contributed by atoms with E-state index in [-0.39, 0.29) is 71.8 Å². The van der Waals surface area contributed by atoms with Crippen molar-refractivity contribution in [2.45, 2.75) is 74.2 Å². The number of ether oxygens (including phenoxy) is 6. The third-order valence-electron chi connectivity index (χ3n) is 14.0. The summed E-state index contributed by atoms with van der Waals surface area (Å²) in [5, 5.41) is 23.0. The highest BCUT2D eigenvalue weighted by Gasteiger charge is 2.28. The summed E-state index contributed by atoms with van der Waals surface area (Å²) in [6.07, 6.45) is 5.20. The number of methoxy groups -OCH3 is 6. The lowest BCUT2D eigenvalue weighted by Crippen LogP contribution is -2.35. The van der Waals surface area contributed by atoms with Crippen molar-refractivity contribution >= 4 is 65.4 Å². The van der Waals surface area contributed by atoms with E-state index in [0.29, 0.717) is 120 Å². The number of hydrogen-bond donors (Lipinski definition) is 2. The van der Waals surface area contributed by atoms with Crippen LogP contribution in [0, 0.1) is 43.9 Å². The van der Waals surface area contributed by atoms with E-state index in [4.69, 9.17) is 49.9 Å². The molecule has 28 nitrogen and oxygen atoms in total. The summed E-state index contributed by atoms with van der Waals surface area (Å²) < 4.78 is 96.5. The van der Waals surface area contributed by atoms with Gasteiger partial charge in [0, 0.05) is 76.1 Å². The summed E-state index contributed by atoms with van der Waals surface area (Å²) in [6.45, 7) is -0.0185. The Bertz CT molecular complexity index is 3880. The molecule has 0 aliphatic rings. The largest absolute Gasteiger partial charge is 0.493 e. The monoisotopic (exact) mass is 1240 g/mol. The van der Waals surface area contributed by atoms with Crippen molar-refractivity contribution < 1.29 is 55.1 Å². The maximum absolute atomic E-state index is 14.3. The highest BCUT2D eigenvalue weighted by Crippen LogP contribution is 2.40. The molecule has 4 N–H and O–H groups in total. The maximum Gasteiger partial charge on any atom is 0.269 e. The van der Waals surface area contributed by atoms with E-state index in [0.717, 1.165) is 68.3 Å². The zero-order valence-corrected chi connectivity index (χ0v) is 50.7. The number of anilines is 2. The van der Waals surface area contributed by atoms with Crippen molar-refractivity contribution in [2.24, 2.45) is 0 Å². The molecule has 462 valence electrons. The first-order valence-electron chi connectivity index (χ1n) is 27.3. The number of rotatable bonds is 29. The number of fused-ring (bicyclic) bond motifs is 2. The Morgan fingerprint density at radius 1 is 0.511 bits per heavy atom. The molecular weight excluding hydrogens is 1180 g/mol. The average Bonchev–Trinajstić information content (AvgIpc) is 2.23. The van der Waals surface area contributed by atoms with Gasteiger partial charge in [-0.15, -0.1) is 11.8 Å². The van der Waals surface area contributed by atoms with Crippen LogP contribution in [0.5, 0.6) is 34.5 Å². The van der Waals surface area contributed by atoms with Gasteiger partial charge in [-0.25, -0.2) is 46.7 Å². The number of hydrogen-bond acceptors (Lipinski definition) is 22. The minimum absolute atomic E-state index is 0.126. The van der Waals surface area contributed by atoms with Crippen LogP contribution in [0.1, 0.15) is 61.3 Å². The van der Waals surface area contributed by atoms with Gasteiger partial charge in [-0.3, -0.25) is 20.2 Å². The molecule has 4 aromatic carbocycles. The predicted molar refractivity (Wildman–Crippen MR) is 324 cm³/mol. The number of benzene rings is 4. The van der Waals surface area contributed by atoms with Gasteiger partial charge >= 0.3 is 0 Å². The number of nitro groups is 2. The molecule has 0 unspecified atom stereocenters. The van der Waals surface area contributed by atoms with Crippen molar-refractivity contribution in [3.8, 4) is 58.2 Å². The number of nitro benzene ring substituents is 2. The van der Waals surface area contributed by atoms with Gasteiger partial charge in [0.15, 0.2) is 57.0 Å². The molecule has 4 aromatic heterocycles. The minimum atomic E-state index is -4.31. The predicted octanol–water partition coefficient (Wildman–Crippen LogP) is 6.61. The molecule has 8 rings (SSSR count). The average molecular weight is 1250 g/mol. The second-order valence-corrected chi connectivity index (χ2v) is 23.3. The van der Waals surface area contributed by atoms with E-state index >= 15 is 0 Å². The Kier molecular flexibility index (Phi) is 21.1. The summed E-state index contributed by atoms with van der Waals surface area (Å²) in [5.41, 5.74) is 15.3. The van der Waals surface area contributed by atoms with Gasteiger partial charge in [-0.2, -0.15) is 8.61 Å². The molecule has 0 fully saturated rings. The van der Waals surface area contributed by atoms with Gasteiger partial charge in [0.1, 0.15) is 24.3 Å². The molecule has 0 saturated carbocycles. The quantitative estimate of drug-likeness (QED) is 0.0215. The van der Waals surface area contributed by atoms with E-state index in [1.165, 1.54) is 55.3 Å². The van der Waals surface area contributed by atoms with Gasteiger partial charge in [0.2, 0.25) is 31.5 Å². The van der Waals surface area contributed by atoms with Crippen molar-refractivity contribution in [2.75, 3.05) is 80.3 Å². The zero-order valence-electron chi connectivity index (χ0n) is 49.0. The van der Waals surface area contributed by atoms with Crippen LogP contribution >= 0.6 is 0 Å². The SMILES string of the molecule is COc1cc(Cc2nc3c(N)ncnc3n2CCCC#CCN(CCCCN(CC#CCCCn2c(Cc3cc(OC)c(OC)c(OC)c3)nc3c(N)ncnc32)S(=O)(=O)c2ccc([N+](=O)[O-])cc2)S(=O)(=O)c2ccc([N+](=O)[O-])cc2)cc(OC)c1OC. The van der Waals surface area contributed by atoms with Crippen LogP contribution in [0.25, 0.3) is 22.3 Å². The van der Waals surface area contributed by atoms with E-state index in [1.54, 1.807) is 0 Å². The Labute approximate surface area is 507 Å². The second-order valence-electron chi connectivity index (χ2n) is 19.4. The molecular formula is C58H64N14O14S2. The first-order valence-corrected chi connectivity index (χ1v) is 30.1. The second kappa shape index (κ2) is 29.0. The molecule has 0 aliphatic carbocycles. The summed E-state index contributed by atoms with van der Waals surface area (Å²) in [7, 11) is 0.497. The molecule has 88 heavy (non-hydrogen) atoms. The van der Waals surface area contributed by atoms with Crippen molar-refractivity contribution in [3.05, 3.63) is 128 Å². The van der Waals surface area contributed by atoms with E-state index in [2.05, 4.69) is 43.6 Å². The molecule has 0 saturated heterocycles. The number of nitrogens with two attached hydrogens (primary N) is 2. The van der Waals surface area contributed by atoms with Crippen LogP contribution in [-0.4, -0.2) is 143 Å². The van der Waals surface area contributed by atoms with Crippen LogP contribution in [0.4, 0.5) is 23.0 Å². The Morgan fingerprint density at radius 3 is 1.18 bits per heavy atom. The maximum atomic E-state index is 14.3. The Hall–Kier alpha value is -9.88. The molecule has 8 aromatic rings. The number of sulfonamides is 2. The smallest absolute Gasteiger partial charge is 0.269 e. The summed E-state index contributed by atoms with van der Waals surface area (Å²) in [6, 6.07) is 16.2. The molecule has 30 heteroatoms. The fourth-order valence-corrected chi connectivity index (χ4v) is 12.4. The molecule has 0 amide bonds. The van der Waals surface area contributed by atoms with E-state index in [1.807, 2.05) is 33.4 Å². The number of imidazole rings is 2. The highest BCUT2D eigenvalue weighted by molar-refractivity contribution is 7.89. The number of nitrogens with zero attached hydrogens (tertiary/aromatic N) is 12. The lowest BCUT2D eigenvalue weighted by Gasteiger charge is -2.22. The minimum Gasteiger partial charge on any atom is -0.493 e. The van der Waals surface area contributed by atoms with Crippen molar-refractivity contribution in [3.63, 3.8) is 0 Å². The van der Waals surface area contributed by atoms with Gasteiger partial charge in [0.05, 0.1) is 75.4 Å². The van der Waals surface area contributed by atoms with Crippen molar-refractivity contribution in [1.29, 1.82) is 0 Å². The van der Waals surface area contributed by atoms with Crippen LogP contribution in [0.15, 0.2) is 95.2 Å². The number of aryl methyl sites for hydroxylation is 2. The number of nitrogen functional groups attached to an aromatic ring is 2.